The number of aliphatic hydroxyl groups excluding tert-OH is 1. The number of amides is 2. The second kappa shape index (κ2) is 7.96. The smallest absolute Gasteiger partial charge is 0.405 e. The highest BCUT2D eigenvalue weighted by molar-refractivity contribution is 5.85. The van der Waals surface area contributed by atoms with E-state index < -0.39 is 24.1 Å². The zero-order valence-electron chi connectivity index (χ0n) is 11.0. The summed E-state index contributed by atoms with van der Waals surface area (Å²) in [7, 11) is 0. The molecule has 0 saturated carbocycles. The standard InChI is InChI=1S/C14H18N2O4/c1-2-6-11(16-14(19)20)13(18)15-12(9-17)10-7-4-3-5-8-10/h2-5,7-8,11-12,16-17H,1,6,9H2,(H,15,18)(H,19,20)/t11?,12-/m0/s1. The first kappa shape index (κ1) is 15.7. The molecular weight excluding hydrogens is 260 g/mol. The van der Waals surface area contributed by atoms with Gasteiger partial charge < -0.3 is 20.8 Å². The molecule has 0 radical (unpaired) electrons. The molecule has 0 saturated heterocycles. The average Bonchev–Trinajstić information content (AvgIpc) is 2.44. The van der Waals surface area contributed by atoms with E-state index in [9.17, 15) is 14.7 Å². The average molecular weight is 278 g/mol. The lowest BCUT2D eigenvalue weighted by atomic mass is 10.1. The molecule has 0 aliphatic rings. The number of carbonyl (C=O) groups is 2. The number of aliphatic hydroxyl groups is 1. The van der Waals surface area contributed by atoms with Crippen LogP contribution in [-0.4, -0.2) is 34.9 Å². The van der Waals surface area contributed by atoms with Crippen LogP contribution in [0.25, 0.3) is 0 Å². The quantitative estimate of drug-likeness (QED) is 0.560. The van der Waals surface area contributed by atoms with Gasteiger partial charge in [0.15, 0.2) is 0 Å². The van der Waals surface area contributed by atoms with Crippen LogP contribution in [0.1, 0.15) is 18.0 Å². The van der Waals surface area contributed by atoms with Gasteiger partial charge in [-0.25, -0.2) is 4.79 Å². The molecule has 6 heteroatoms. The largest absolute Gasteiger partial charge is 0.465 e. The number of nitrogens with one attached hydrogen (secondary N) is 2. The van der Waals surface area contributed by atoms with Crippen molar-refractivity contribution in [3.8, 4) is 0 Å². The zero-order chi connectivity index (χ0) is 15.0. The fraction of sp³-hybridized carbons (Fsp3) is 0.286. The predicted molar refractivity (Wildman–Crippen MR) is 74.2 cm³/mol. The summed E-state index contributed by atoms with van der Waals surface area (Å²) in [6.45, 7) is 3.21. The van der Waals surface area contributed by atoms with Crippen molar-refractivity contribution in [2.24, 2.45) is 0 Å². The Bertz CT molecular complexity index is 462. The highest BCUT2D eigenvalue weighted by Gasteiger charge is 2.22. The van der Waals surface area contributed by atoms with Crippen molar-refractivity contribution in [2.75, 3.05) is 6.61 Å². The van der Waals surface area contributed by atoms with Crippen LogP contribution in [0.15, 0.2) is 43.0 Å². The van der Waals surface area contributed by atoms with Crippen LogP contribution in [0, 0.1) is 0 Å². The summed E-state index contributed by atoms with van der Waals surface area (Å²) in [6.07, 6.45) is 0.342. The molecule has 0 fully saturated rings. The number of rotatable bonds is 7. The Morgan fingerprint density at radius 3 is 2.40 bits per heavy atom. The Morgan fingerprint density at radius 2 is 1.90 bits per heavy atom. The number of benzene rings is 1. The molecule has 6 nitrogen and oxygen atoms in total. The maximum absolute atomic E-state index is 12.0. The van der Waals surface area contributed by atoms with Crippen LogP contribution in [0.4, 0.5) is 4.79 Å². The van der Waals surface area contributed by atoms with Gasteiger partial charge in [0.1, 0.15) is 6.04 Å². The Kier molecular flexibility index (Phi) is 6.25. The predicted octanol–water partition coefficient (Wildman–Crippen LogP) is 1.05. The van der Waals surface area contributed by atoms with E-state index >= 15 is 0 Å². The second-order valence-electron chi connectivity index (χ2n) is 4.18. The summed E-state index contributed by atoms with van der Waals surface area (Å²) < 4.78 is 0. The SMILES string of the molecule is C=CCC(NC(=O)O)C(=O)N[C@@H](CO)c1ccccc1. The van der Waals surface area contributed by atoms with Crippen molar-refractivity contribution >= 4 is 12.0 Å². The van der Waals surface area contributed by atoms with Gasteiger partial charge in [0, 0.05) is 0 Å². The molecule has 108 valence electrons. The molecule has 1 rings (SSSR count). The molecule has 0 aliphatic heterocycles. The number of hydrogen-bond donors (Lipinski definition) is 4. The van der Waals surface area contributed by atoms with Gasteiger partial charge in [0.25, 0.3) is 0 Å². The van der Waals surface area contributed by atoms with Gasteiger partial charge >= 0.3 is 6.09 Å². The first-order valence-electron chi connectivity index (χ1n) is 6.15. The lowest BCUT2D eigenvalue weighted by molar-refractivity contribution is -0.124. The molecular formula is C14H18N2O4. The van der Waals surface area contributed by atoms with Crippen LogP contribution in [-0.2, 0) is 4.79 Å². The van der Waals surface area contributed by atoms with Crippen molar-refractivity contribution in [3.05, 3.63) is 48.6 Å². The minimum atomic E-state index is -1.28. The van der Waals surface area contributed by atoms with Crippen LogP contribution < -0.4 is 10.6 Å². The monoisotopic (exact) mass is 278 g/mol. The zero-order valence-corrected chi connectivity index (χ0v) is 11.0. The molecule has 0 heterocycles. The van der Waals surface area contributed by atoms with Gasteiger partial charge in [-0.05, 0) is 12.0 Å². The Morgan fingerprint density at radius 1 is 1.25 bits per heavy atom. The summed E-state index contributed by atoms with van der Waals surface area (Å²) in [5.74, 6) is -0.504. The van der Waals surface area contributed by atoms with Crippen LogP contribution in [0.3, 0.4) is 0 Å². The van der Waals surface area contributed by atoms with Crippen molar-refractivity contribution in [1.29, 1.82) is 0 Å². The van der Waals surface area contributed by atoms with Gasteiger partial charge in [-0.2, -0.15) is 0 Å². The van der Waals surface area contributed by atoms with E-state index in [1.165, 1.54) is 6.08 Å². The van der Waals surface area contributed by atoms with Crippen LogP contribution >= 0.6 is 0 Å². The summed E-state index contributed by atoms with van der Waals surface area (Å²) in [6, 6.07) is 7.45. The molecule has 1 unspecified atom stereocenters. The van der Waals surface area contributed by atoms with Gasteiger partial charge in [0.2, 0.25) is 5.91 Å². The van der Waals surface area contributed by atoms with E-state index in [1.54, 1.807) is 24.3 Å². The third-order valence-corrected chi connectivity index (χ3v) is 2.72. The number of carbonyl (C=O) groups excluding carboxylic acids is 1. The first-order chi connectivity index (χ1) is 9.58. The number of hydrogen-bond acceptors (Lipinski definition) is 3. The molecule has 2 amide bonds. The van der Waals surface area contributed by atoms with E-state index in [0.717, 1.165) is 5.56 Å². The van der Waals surface area contributed by atoms with E-state index in [4.69, 9.17) is 5.11 Å². The van der Waals surface area contributed by atoms with Crippen LogP contribution in [0.5, 0.6) is 0 Å². The fourth-order valence-electron chi connectivity index (χ4n) is 1.74. The molecule has 1 aromatic rings. The lowest BCUT2D eigenvalue weighted by Crippen LogP contribution is -2.47. The topological polar surface area (TPSA) is 98.7 Å². The van der Waals surface area contributed by atoms with E-state index in [0.29, 0.717) is 0 Å². The third kappa shape index (κ3) is 4.74. The number of carboxylic acid groups (broad SMARTS) is 1. The molecule has 0 aromatic heterocycles. The van der Waals surface area contributed by atoms with Gasteiger partial charge in [0.05, 0.1) is 12.6 Å². The Hall–Kier alpha value is -2.34. The molecule has 0 bridgehead atoms. The molecule has 0 spiro atoms. The normalized spacial score (nSPS) is 13.1. The third-order valence-electron chi connectivity index (χ3n) is 2.72. The fourth-order valence-corrected chi connectivity index (χ4v) is 1.74. The minimum absolute atomic E-state index is 0.172. The molecule has 2 atom stereocenters. The van der Waals surface area contributed by atoms with E-state index in [-0.39, 0.29) is 13.0 Å². The summed E-state index contributed by atoms with van der Waals surface area (Å²) in [5.41, 5.74) is 0.746. The first-order valence-corrected chi connectivity index (χ1v) is 6.15. The van der Waals surface area contributed by atoms with Gasteiger partial charge in [-0.3, -0.25) is 4.79 Å². The maximum atomic E-state index is 12.0. The van der Waals surface area contributed by atoms with E-state index in [2.05, 4.69) is 17.2 Å². The maximum Gasteiger partial charge on any atom is 0.405 e. The molecule has 1 aromatic carbocycles. The lowest BCUT2D eigenvalue weighted by Gasteiger charge is -2.21. The highest BCUT2D eigenvalue weighted by atomic mass is 16.4. The van der Waals surface area contributed by atoms with E-state index in [1.807, 2.05) is 6.07 Å². The summed E-state index contributed by atoms with van der Waals surface area (Å²) in [5, 5.41) is 22.8. The van der Waals surface area contributed by atoms with Crippen molar-refractivity contribution in [3.63, 3.8) is 0 Å². The van der Waals surface area contributed by atoms with Gasteiger partial charge in [-0.15, -0.1) is 6.58 Å². The summed E-state index contributed by atoms with van der Waals surface area (Å²) >= 11 is 0. The second-order valence-corrected chi connectivity index (χ2v) is 4.18. The van der Waals surface area contributed by atoms with Crippen molar-refractivity contribution < 1.29 is 19.8 Å². The van der Waals surface area contributed by atoms with Crippen molar-refractivity contribution in [1.82, 2.24) is 10.6 Å². The van der Waals surface area contributed by atoms with Crippen molar-refractivity contribution in [2.45, 2.75) is 18.5 Å². The Balaban J connectivity index is 2.74. The van der Waals surface area contributed by atoms with Gasteiger partial charge in [-0.1, -0.05) is 36.4 Å². The molecule has 20 heavy (non-hydrogen) atoms. The highest BCUT2D eigenvalue weighted by Crippen LogP contribution is 2.12. The Labute approximate surface area is 117 Å². The molecule has 0 aliphatic carbocycles. The molecule has 4 N–H and O–H groups in total. The summed E-state index contributed by atoms with van der Waals surface area (Å²) in [4.78, 5) is 22.7. The van der Waals surface area contributed by atoms with Crippen LogP contribution in [0.2, 0.25) is 0 Å². The minimum Gasteiger partial charge on any atom is -0.465 e.